The van der Waals surface area contributed by atoms with E-state index in [4.69, 9.17) is 16.3 Å². The Balaban J connectivity index is 1.69. The molecule has 0 N–H and O–H groups in total. The normalized spacial score (nSPS) is 19.0. The fraction of sp³-hybridized carbons (Fsp3) is 0.316. The zero-order valence-electron chi connectivity index (χ0n) is 13.6. The Morgan fingerprint density at radius 3 is 2.79 bits per heavy atom. The summed E-state index contributed by atoms with van der Waals surface area (Å²) in [6.07, 6.45) is 0.691. The summed E-state index contributed by atoms with van der Waals surface area (Å²) in [7, 11) is 3.34. The molecule has 1 aliphatic rings. The van der Waals surface area contributed by atoms with Crippen molar-refractivity contribution in [1.29, 1.82) is 0 Å². The lowest BCUT2D eigenvalue weighted by atomic mass is 10.1. The molecule has 2 atom stereocenters. The van der Waals surface area contributed by atoms with E-state index in [1.54, 1.807) is 55.5 Å². The third-order valence-corrected chi connectivity index (χ3v) is 4.67. The van der Waals surface area contributed by atoms with Gasteiger partial charge < -0.3 is 9.64 Å². The zero-order valence-corrected chi connectivity index (χ0v) is 14.4. The first-order valence-electron chi connectivity index (χ1n) is 7.83. The molecule has 2 aromatic rings. The quantitative estimate of drug-likeness (QED) is 0.809. The summed E-state index contributed by atoms with van der Waals surface area (Å²) in [5.41, 5.74) is 1.48. The molecule has 0 bridgehead atoms. The molecule has 0 radical (unpaired) electrons. The molecule has 0 spiro atoms. The highest BCUT2D eigenvalue weighted by Crippen LogP contribution is 2.49. The predicted molar refractivity (Wildman–Crippen MR) is 91.7 cm³/mol. The predicted octanol–water partition coefficient (Wildman–Crippen LogP) is 4.25. The summed E-state index contributed by atoms with van der Waals surface area (Å²) in [4.78, 5) is 14.3. The fourth-order valence-corrected chi connectivity index (χ4v) is 3.27. The monoisotopic (exact) mass is 347 g/mol. The van der Waals surface area contributed by atoms with Crippen molar-refractivity contribution in [2.75, 3.05) is 14.2 Å². The van der Waals surface area contributed by atoms with Crippen molar-refractivity contribution < 1.29 is 13.9 Å². The average molecular weight is 348 g/mol. The zero-order chi connectivity index (χ0) is 17.3. The Morgan fingerprint density at radius 2 is 2.08 bits per heavy atom. The standard InChI is InChI=1S/C19H19ClFNO2/c1-22(11-12-9-13(20)7-8-18(12)24-2)19(23)16-10-15(16)14-5-3-4-6-17(14)21/h3-9,15-16H,10-11H2,1-2H3. The van der Waals surface area contributed by atoms with Crippen molar-refractivity contribution >= 4 is 17.5 Å². The lowest BCUT2D eigenvalue weighted by Gasteiger charge is -2.19. The molecule has 3 rings (SSSR count). The van der Waals surface area contributed by atoms with E-state index in [2.05, 4.69) is 0 Å². The molecule has 1 aliphatic carbocycles. The van der Waals surface area contributed by atoms with Gasteiger partial charge in [-0.15, -0.1) is 0 Å². The van der Waals surface area contributed by atoms with Crippen molar-refractivity contribution in [2.24, 2.45) is 5.92 Å². The summed E-state index contributed by atoms with van der Waals surface area (Å²) >= 11 is 6.03. The van der Waals surface area contributed by atoms with Crippen LogP contribution in [-0.2, 0) is 11.3 Å². The smallest absolute Gasteiger partial charge is 0.226 e. The molecule has 0 aromatic heterocycles. The van der Waals surface area contributed by atoms with E-state index in [9.17, 15) is 9.18 Å². The van der Waals surface area contributed by atoms with Crippen molar-refractivity contribution in [3.05, 3.63) is 64.4 Å². The van der Waals surface area contributed by atoms with Crippen LogP contribution in [0, 0.1) is 11.7 Å². The molecule has 5 heteroatoms. The number of halogens is 2. The van der Waals surface area contributed by atoms with Crippen LogP contribution in [0.15, 0.2) is 42.5 Å². The highest BCUT2D eigenvalue weighted by atomic mass is 35.5. The highest BCUT2D eigenvalue weighted by molar-refractivity contribution is 6.30. The van der Waals surface area contributed by atoms with Gasteiger partial charge in [0.15, 0.2) is 0 Å². The molecule has 2 aromatic carbocycles. The first kappa shape index (κ1) is 16.8. The number of hydrogen-bond acceptors (Lipinski definition) is 2. The van der Waals surface area contributed by atoms with Crippen LogP contribution >= 0.6 is 11.6 Å². The summed E-state index contributed by atoms with van der Waals surface area (Å²) in [5, 5.41) is 0.599. The molecular weight excluding hydrogens is 329 g/mol. The summed E-state index contributed by atoms with van der Waals surface area (Å²) < 4.78 is 19.2. The second kappa shape index (κ2) is 6.81. The van der Waals surface area contributed by atoms with Crippen molar-refractivity contribution in [2.45, 2.75) is 18.9 Å². The van der Waals surface area contributed by atoms with E-state index in [1.165, 1.54) is 6.07 Å². The van der Waals surface area contributed by atoms with Crippen LogP contribution in [0.1, 0.15) is 23.5 Å². The number of hydrogen-bond donors (Lipinski definition) is 0. The van der Waals surface area contributed by atoms with Gasteiger partial charge in [-0.05, 0) is 42.2 Å². The number of benzene rings is 2. The number of amides is 1. The first-order valence-corrected chi connectivity index (χ1v) is 8.21. The van der Waals surface area contributed by atoms with Gasteiger partial charge in [-0.2, -0.15) is 0 Å². The molecule has 126 valence electrons. The van der Waals surface area contributed by atoms with Gasteiger partial charge in [-0.3, -0.25) is 4.79 Å². The minimum atomic E-state index is -0.239. The van der Waals surface area contributed by atoms with E-state index < -0.39 is 0 Å². The van der Waals surface area contributed by atoms with Crippen molar-refractivity contribution in [3.8, 4) is 5.75 Å². The Hall–Kier alpha value is -2.07. The number of rotatable bonds is 5. The van der Waals surface area contributed by atoms with E-state index in [1.807, 2.05) is 0 Å². The summed E-state index contributed by atoms with van der Waals surface area (Å²) in [6, 6.07) is 12.0. The topological polar surface area (TPSA) is 29.5 Å². The third kappa shape index (κ3) is 3.39. The molecule has 0 saturated heterocycles. The lowest BCUT2D eigenvalue weighted by molar-refractivity contribution is -0.131. The summed E-state index contributed by atoms with van der Waals surface area (Å²) in [6.45, 7) is 0.406. The fourth-order valence-electron chi connectivity index (χ4n) is 3.07. The van der Waals surface area contributed by atoms with Crippen molar-refractivity contribution in [3.63, 3.8) is 0 Å². The van der Waals surface area contributed by atoms with Gasteiger partial charge in [-0.25, -0.2) is 4.39 Å². The average Bonchev–Trinajstić information content (AvgIpc) is 3.35. The maximum absolute atomic E-state index is 13.9. The van der Waals surface area contributed by atoms with E-state index in [0.29, 0.717) is 29.3 Å². The number of methoxy groups -OCH3 is 1. The Bertz CT molecular complexity index is 765. The van der Waals surface area contributed by atoms with Gasteiger partial charge in [0.05, 0.1) is 7.11 Å². The van der Waals surface area contributed by atoms with E-state index >= 15 is 0 Å². The number of carbonyl (C=O) groups excluding carboxylic acids is 1. The van der Waals surface area contributed by atoms with Crippen molar-refractivity contribution in [1.82, 2.24) is 4.90 Å². The Kier molecular flexibility index (Phi) is 4.76. The van der Waals surface area contributed by atoms with Crippen LogP contribution in [-0.4, -0.2) is 25.0 Å². The molecule has 0 aliphatic heterocycles. The minimum Gasteiger partial charge on any atom is -0.496 e. The maximum atomic E-state index is 13.9. The van der Waals surface area contributed by atoms with Gasteiger partial charge in [0, 0.05) is 30.1 Å². The van der Waals surface area contributed by atoms with Crippen LogP contribution in [0.3, 0.4) is 0 Å². The Morgan fingerprint density at radius 1 is 1.33 bits per heavy atom. The van der Waals surface area contributed by atoms with Crippen LogP contribution in [0.25, 0.3) is 0 Å². The molecule has 24 heavy (non-hydrogen) atoms. The molecule has 3 nitrogen and oxygen atoms in total. The molecule has 1 amide bonds. The van der Waals surface area contributed by atoms with Gasteiger partial charge in [0.25, 0.3) is 0 Å². The number of ether oxygens (including phenoxy) is 1. The largest absolute Gasteiger partial charge is 0.496 e. The second-order valence-electron chi connectivity index (χ2n) is 6.12. The second-order valence-corrected chi connectivity index (χ2v) is 6.56. The molecule has 1 saturated carbocycles. The first-order chi connectivity index (χ1) is 11.5. The Labute approximate surface area is 146 Å². The number of nitrogens with zero attached hydrogens (tertiary/aromatic N) is 1. The number of carbonyl (C=O) groups is 1. The highest BCUT2D eigenvalue weighted by Gasteiger charge is 2.46. The van der Waals surface area contributed by atoms with E-state index in [-0.39, 0.29) is 23.6 Å². The van der Waals surface area contributed by atoms with Crippen LogP contribution in [0.4, 0.5) is 4.39 Å². The lowest BCUT2D eigenvalue weighted by Crippen LogP contribution is -2.28. The molecule has 1 fully saturated rings. The molecular formula is C19H19ClFNO2. The van der Waals surface area contributed by atoms with Gasteiger partial charge in [0.1, 0.15) is 11.6 Å². The SMILES string of the molecule is COc1ccc(Cl)cc1CN(C)C(=O)C1CC1c1ccccc1F. The van der Waals surface area contributed by atoms with Crippen LogP contribution in [0.5, 0.6) is 5.75 Å². The van der Waals surface area contributed by atoms with Gasteiger partial charge in [-0.1, -0.05) is 29.8 Å². The molecule has 0 heterocycles. The van der Waals surface area contributed by atoms with Crippen LogP contribution in [0.2, 0.25) is 5.02 Å². The minimum absolute atomic E-state index is 0.0188. The van der Waals surface area contributed by atoms with Crippen LogP contribution < -0.4 is 4.74 Å². The van der Waals surface area contributed by atoms with Gasteiger partial charge in [0.2, 0.25) is 5.91 Å². The molecule has 2 unspecified atom stereocenters. The third-order valence-electron chi connectivity index (χ3n) is 4.44. The van der Waals surface area contributed by atoms with Gasteiger partial charge >= 0.3 is 0 Å². The summed E-state index contributed by atoms with van der Waals surface area (Å²) in [5.74, 6) is 0.294. The van der Waals surface area contributed by atoms with E-state index in [0.717, 1.165) is 5.56 Å². The maximum Gasteiger partial charge on any atom is 0.226 e.